The fraction of sp³-hybridized carbons (Fsp3) is 0.483. The Hall–Kier alpha value is -3.76. The predicted octanol–water partition coefficient (Wildman–Crippen LogP) is 4.94. The van der Waals surface area contributed by atoms with Crippen molar-refractivity contribution in [3.8, 4) is 5.75 Å². The molecule has 0 aliphatic carbocycles. The van der Waals surface area contributed by atoms with Crippen molar-refractivity contribution in [2.75, 3.05) is 11.5 Å². The number of rotatable bonds is 8. The summed E-state index contributed by atoms with van der Waals surface area (Å²) in [5.41, 5.74) is 1.16. The maximum absolute atomic E-state index is 13.6. The van der Waals surface area contributed by atoms with Gasteiger partial charge in [-0.25, -0.2) is 4.79 Å². The number of aryl methyl sites for hydroxylation is 1. The Labute approximate surface area is 232 Å². The first-order valence-electron chi connectivity index (χ1n) is 13.1. The number of alkyl carbamates (subject to hydrolysis) is 1. The number of halogens is 3. The molecule has 1 aliphatic heterocycles. The van der Waals surface area contributed by atoms with Gasteiger partial charge in [0.1, 0.15) is 23.4 Å². The minimum absolute atomic E-state index is 0.0735. The summed E-state index contributed by atoms with van der Waals surface area (Å²) in [5, 5.41) is 5.29. The second kappa shape index (κ2) is 12.6. The Balaban J connectivity index is 1.86. The molecule has 1 heterocycles. The lowest BCUT2D eigenvalue weighted by atomic mass is 10.0. The lowest BCUT2D eigenvalue weighted by Crippen LogP contribution is -2.56. The fourth-order valence-corrected chi connectivity index (χ4v) is 4.46. The van der Waals surface area contributed by atoms with E-state index in [9.17, 15) is 27.6 Å². The number of alkyl halides is 3. The third-order valence-electron chi connectivity index (χ3n) is 6.12. The molecule has 2 N–H and O–H groups in total. The Morgan fingerprint density at radius 1 is 1.05 bits per heavy atom. The summed E-state index contributed by atoms with van der Waals surface area (Å²) < 4.78 is 48.7. The molecule has 0 spiro atoms. The number of hydrogen-bond acceptors (Lipinski definition) is 5. The largest absolute Gasteiger partial charge is 0.484 e. The molecule has 11 heteroatoms. The molecule has 3 rings (SSSR count). The van der Waals surface area contributed by atoms with Crippen molar-refractivity contribution in [1.82, 2.24) is 10.6 Å². The fourth-order valence-electron chi connectivity index (χ4n) is 4.46. The minimum atomic E-state index is -4.56. The van der Waals surface area contributed by atoms with Crippen LogP contribution in [0.2, 0.25) is 0 Å². The van der Waals surface area contributed by atoms with Gasteiger partial charge in [0.25, 0.3) is 0 Å². The highest BCUT2D eigenvalue weighted by atomic mass is 19.4. The maximum atomic E-state index is 13.6. The summed E-state index contributed by atoms with van der Waals surface area (Å²) in [5.74, 6) is -1.04. The highest BCUT2D eigenvalue weighted by molar-refractivity contribution is 6.01. The number of para-hydroxylation sites is 2. The molecule has 2 aromatic carbocycles. The van der Waals surface area contributed by atoms with Crippen LogP contribution in [0.5, 0.6) is 5.75 Å². The molecule has 0 fully saturated rings. The lowest BCUT2D eigenvalue weighted by molar-refractivity contribution is -0.153. The molecule has 2 atom stereocenters. The van der Waals surface area contributed by atoms with Gasteiger partial charge in [0.2, 0.25) is 11.8 Å². The van der Waals surface area contributed by atoms with Gasteiger partial charge in [0.15, 0.2) is 6.61 Å². The monoisotopic (exact) mass is 563 g/mol. The van der Waals surface area contributed by atoms with E-state index in [0.29, 0.717) is 12.8 Å². The molecule has 3 amide bonds. The van der Waals surface area contributed by atoms with Gasteiger partial charge >= 0.3 is 12.3 Å². The maximum Gasteiger partial charge on any atom is 0.422 e. The molecular weight excluding hydrogens is 527 g/mol. The van der Waals surface area contributed by atoms with Crippen LogP contribution in [0.25, 0.3) is 0 Å². The number of hydrogen-bond donors (Lipinski definition) is 2. The van der Waals surface area contributed by atoms with Gasteiger partial charge in [-0.1, -0.05) is 36.4 Å². The molecule has 0 unspecified atom stereocenters. The van der Waals surface area contributed by atoms with Crippen LogP contribution in [0, 0.1) is 0 Å². The number of amides is 3. The van der Waals surface area contributed by atoms with E-state index in [4.69, 9.17) is 9.47 Å². The zero-order valence-electron chi connectivity index (χ0n) is 23.3. The predicted molar refractivity (Wildman–Crippen MR) is 144 cm³/mol. The molecule has 0 radical (unpaired) electrons. The number of anilines is 1. The van der Waals surface area contributed by atoms with E-state index in [2.05, 4.69) is 10.6 Å². The zero-order valence-corrected chi connectivity index (χ0v) is 23.3. The summed E-state index contributed by atoms with van der Waals surface area (Å²) in [6.07, 6.45) is -4.78. The average molecular weight is 564 g/mol. The van der Waals surface area contributed by atoms with Gasteiger partial charge in [-0.2, -0.15) is 13.2 Å². The Bertz CT molecular complexity index is 1210. The topological polar surface area (TPSA) is 97.0 Å². The minimum Gasteiger partial charge on any atom is -0.484 e. The molecule has 2 aromatic rings. The van der Waals surface area contributed by atoms with Crippen LogP contribution >= 0.6 is 0 Å². The molecule has 0 aromatic heterocycles. The molecule has 0 bridgehead atoms. The van der Waals surface area contributed by atoms with Crippen LogP contribution < -0.4 is 20.3 Å². The van der Waals surface area contributed by atoms with Crippen molar-refractivity contribution in [2.45, 2.75) is 83.8 Å². The zero-order chi connectivity index (χ0) is 29.7. The number of fused-ring (bicyclic) bond motifs is 1. The standard InChI is InChI=1S/C29H36F3N3O5/c1-18(2)35-23-12-8-6-10-19(23)14-15-21(26(35)37)33-25(36)22(34-27(38)40-28(3,4)5)16-20-11-7-9-13-24(20)39-17-29(30,31)32/h6-13,18,21-22H,14-17H2,1-5H3,(H,33,36)(H,34,38)/t21-,22-/m1/s1. The van der Waals surface area contributed by atoms with E-state index in [1.54, 1.807) is 31.7 Å². The summed E-state index contributed by atoms with van der Waals surface area (Å²) in [6, 6.07) is 11.2. The number of nitrogens with one attached hydrogen (secondary N) is 2. The van der Waals surface area contributed by atoms with Crippen LogP contribution in [0.4, 0.5) is 23.7 Å². The van der Waals surface area contributed by atoms with E-state index >= 15 is 0 Å². The number of carbonyl (C=O) groups is 3. The number of benzene rings is 2. The molecule has 1 aliphatic rings. The third kappa shape index (κ3) is 8.62. The van der Waals surface area contributed by atoms with Crippen LogP contribution in [-0.4, -0.2) is 54.4 Å². The highest BCUT2D eigenvalue weighted by Crippen LogP contribution is 2.29. The van der Waals surface area contributed by atoms with Crippen LogP contribution in [0.15, 0.2) is 48.5 Å². The second-order valence-electron chi connectivity index (χ2n) is 10.9. The first-order chi connectivity index (χ1) is 18.6. The normalized spacial score (nSPS) is 16.6. The molecular formula is C29H36F3N3O5. The summed E-state index contributed by atoms with van der Waals surface area (Å²) in [7, 11) is 0. The van der Waals surface area contributed by atoms with Gasteiger partial charge in [-0.3, -0.25) is 9.59 Å². The average Bonchev–Trinajstić information content (AvgIpc) is 2.97. The van der Waals surface area contributed by atoms with Crippen LogP contribution in [0.1, 0.15) is 52.2 Å². The quantitative estimate of drug-likeness (QED) is 0.475. The van der Waals surface area contributed by atoms with Crippen molar-refractivity contribution >= 4 is 23.6 Å². The summed E-state index contributed by atoms with van der Waals surface area (Å²) in [4.78, 5) is 41.4. The molecule has 40 heavy (non-hydrogen) atoms. The number of carbonyl (C=O) groups excluding carboxylic acids is 3. The van der Waals surface area contributed by atoms with Gasteiger partial charge in [0.05, 0.1) is 0 Å². The Kier molecular flexibility index (Phi) is 9.70. The third-order valence-corrected chi connectivity index (χ3v) is 6.12. The van der Waals surface area contributed by atoms with Crippen molar-refractivity contribution in [2.24, 2.45) is 0 Å². The van der Waals surface area contributed by atoms with Crippen molar-refractivity contribution < 1.29 is 37.0 Å². The first-order valence-corrected chi connectivity index (χ1v) is 13.1. The second-order valence-corrected chi connectivity index (χ2v) is 10.9. The SMILES string of the molecule is CC(C)N1C(=O)[C@H](NC(=O)[C@@H](Cc2ccccc2OCC(F)(F)F)NC(=O)OC(C)(C)C)CCc2ccccc21. The van der Waals surface area contributed by atoms with E-state index < -0.39 is 42.5 Å². The molecule has 218 valence electrons. The van der Waals surface area contributed by atoms with Gasteiger partial charge in [-0.15, -0.1) is 0 Å². The van der Waals surface area contributed by atoms with E-state index in [0.717, 1.165) is 11.3 Å². The lowest BCUT2D eigenvalue weighted by Gasteiger charge is -2.30. The van der Waals surface area contributed by atoms with Gasteiger partial charge in [0, 0.05) is 18.2 Å². The van der Waals surface area contributed by atoms with E-state index in [1.165, 1.54) is 18.2 Å². The van der Waals surface area contributed by atoms with Gasteiger partial charge < -0.3 is 25.0 Å². The van der Waals surface area contributed by atoms with Crippen molar-refractivity contribution in [1.29, 1.82) is 0 Å². The Morgan fingerprint density at radius 3 is 2.35 bits per heavy atom. The highest BCUT2D eigenvalue weighted by Gasteiger charge is 2.35. The van der Waals surface area contributed by atoms with Crippen LogP contribution in [0.3, 0.4) is 0 Å². The molecule has 8 nitrogen and oxygen atoms in total. The van der Waals surface area contributed by atoms with Crippen molar-refractivity contribution in [3.05, 3.63) is 59.7 Å². The summed E-state index contributed by atoms with van der Waals surface area (Å²) >= 11 is 0. The smallest absolute Gasteiger partial charge is 0.422 e. The molecule has 0 saturated heterocycles. The summed E-state index contributed by atoms with van der Waals surface area (Å²) in [6.45, 7) is 7.22. The molecule has 0 saturated carbocycles. The van der Waals surface area contributed by atoms with Crippen LogP contribution in [-0.2, 0) is 27.2 Å². The Morgan fingerprint density at radius 2 is 1.70 bits per heavy atom. The van der Waals surface area contributed by atoms with Gasteiger partial charge in [-0.05, 0) is 70.7 Å². The first kappa shape index (κ1) is 30.8. The van der Waals surface area contributed by atoms with E-state index in [-0.39, 0.29) is 29.7 Å². The number of nitrogens with zero attached hydrogens (tertiary/aromatic N) is 1. The number of ether oxygens (including phenoxy) is 2. The van der Waals surface area contributed by atoms with Crippen molar-refractivity contribution in [3.63, 3.8) is 0 Å². The van der Waals surface area contributed by atoms with E-state index in [1.807, 2.05) is 38.1 Å².